The molecule has 0 aliphatic carbocycles. The fourth-order valence-corrected chi connectivity index (χ4v) is 2.08. The molecule has 0 aliphatic heterocycles. The summed E-state index contributed by atoms with van der Waals surface area (Å²) in [4.78, 5) is 20.6. The molecule has 5 heteroatoms. The lowest BCUT2D eigenvalue weighted by Gasteiger charge is -2.06. The summed E-state index contributed by atoms with van der Waals surface area (Å²) in [6.45, 7) is 0. The lowest BCUT2D eigenvalue weighted by atomic mass is 10.1. The van der Waals surface area contributed by atoms with E-state index in [0.717, 1.165) is 17.0 Å². The van der Waals surface area contributed by atoms with Crippen LogP contribution >= 0.6 is 0 Å². The lowest BCUT2D eigenvalue weighted by molar-refractivity contribution is 0.102. The van der Waals surface area contributed by atoms with Gasteiger partial charge >= 0.3 is 0 Å². The second-order valence-corrected chi connectivity index (χ2v) is 4.84. The fourth-order valence-electron chi connectivity index (χ4n) is 2.08. The molecular formula is C18H15N3O2. The van der Waals surface area contributed by atoms with E-state index in [4.69, 9.17) is 4.74 Å². The van der Waals surface area contributed by atoms with Gasteiger partial charge in [0.1, 0.15) is 5.75 Å². The summed E-state index contributed by atoms with van der Waals surface area (Å²) in [5, 5.41) is 2.72. The van der Waals surface area contributed by atoms with Crippen molar-refractivity contribution in [1.29, 1.82) is 0 Å². The maximum absolute atomic E-state index is 12.0. The molecule has 1 N–H and O–H groups in total. The Balaban J connectivity index is 1.73. The molecule has 0 spiro atoms. The zero-order chi connectivity index (χ0) is 16.1. The molecule has 1 aromatic heterocycles. The van der Waals surface area contributed by atoms with Crippen LogP contribution in [0.2, 0.25) is 0 Å². The molecule has 0 fully saturated rings. The fraction of sp³-hybridized carbons (Fsp3) is 0.0556. The molecule has 0 bridgehead atoms. The largest absolute Gasteiger partial charge is 0.497 e. The van der Waals surface area contributed by atoms with Crippen LogP contribution in [0, 0.1) is 0 Å². The number of carbonyl (C=O) groups excluding carboxylic acids is 1. The van der Waals surface area contributed by atoms with Gasteiger partial charge in [0.05, 0.1) is 25.2 Å². The van der Waals surface area contributed by atoms with Gasteiger partial charge in [-0.3, -0.25) is 9.78 Å². The van der Waals surface area contributed by atoms with Gasteiger partial charge in [0.25, 0.3) is 5.91 Å². The topological polar surface area (TPSA) is 64.1 Å². The van der Waals surface area contributed by atoms with E-state index in [1.807, 2.05) is 42.5 Å². The predicted octanol–water partition coefficient (Wildman–Crippen LogP) is 3.40. The highest BCUT2D eigenvalue weighted by Crippen LogP contribution is 2.20. The summed E-state index contributed by atoms with van der Waals surface area (Å²) in [7, 11) is 1.62. The van der Waals surface area contributed by atoms with Crippen LogP contribution in [0.5, 0.6) is 5.75 Å². The van der Waals surface area contributed by atoms with Crippen LogP contribution in [-0.2, 0) is 0 Å². The number of hydrogen-bond acceptors (Lipinski definition) is 4. The van der Waals surface area contributed by atoms with E-state index >= 15 is 0 Å². The van der Waals surface area contributed by atoms with Crippen molar-refractivity contribution >= 4 is 11.7 Å². The number of amides is 1. The van der Waals surface area contributed by atoms with Gasteiger partial charge in [0.15, 0.2) is 5.82 Å². The Morgan fingerprint density at radius 1 is 0.957 bits per heavy atom. The Morgan fingerprint density at radius 3 is 2.30 bits per heavy atom. The maximum Gasteiger partial charge on any atom is 0.256 e. The molecule has 5 nitrogen and oxygen atoms in total. The first-order valence-corrected chi connectivity index (χ1v) is 7.09. The Kier molecular flexibility index (Phi) is 4.29. The Hall–Kier alpha value is -3.21. The minimum absolute atomic E-state index is 0.211. The number of aromatic nitrogens is 2. The quantitative estimate of drug-likeness (QED) is 0.802. The van der Waals surface area contributed by atoms with Crippen molar-refractivity contribution in [2.75, 3.05) is 12.4 Å². The monoisotopic (exact) mass is 305 g/mol. The Bertz CT molecular complexity index is 785. The van der Waals surface area contributed by atoms with Gasteiger partial charge < -0.3 is 10.1 Å². The van der Waals surface area contributed by atoms with Gasteiger partial charge in [-0.15, -0.1) is 0 Å². The number of anilines is 1. The molecule has 1 heterocycles. The standard InChI is InChI=1S/C18H15N3O2/c1-23-15-9-7-13(8-10-15)16-11-20-17(12-19-16)21-18(22)14-5-3-2-4-6-14/h2-12H,1H3,(H,20,21,22). The van der Waals surface area contributed by atoms with Crippen molar-refractivity contribution in [2.24, 2.45) is 0 Å². The molecule has 0 atom stereocenters. The number of methoxy groups -OCH3 is 1. The Labute approximate surface area is 134 Å². The molecule has 1 amide bonds. The zero-order valence-corrected chi connectivity index (χ0v) is 12.6. The number of nitrogens with zero attached hydrogens (tertiary/aromatic N) is 2. The number of rotatable bonds is 4. The smallest absolute Gasteiger partial charge is 0.256 e. The zero-order valence-electron chi connectivity index (χ0n) is 12.6. The van der Waals surface area contributed by atoms with Crippen LogP contribution in [0.3, 0.4) is 0 Å². The van der Waals surface area contributed by atoms with Gasteiger partial charge in [-0.1, -0.05) is 18.2 Å². The molecule has 3 rings (SSSR count). The second kappa shape index (κ2) is 6.70. The molecular weight excluding hydrogens is 290 g/mol. The van der Waals surface area contributed by atoms with Gasteiger partial charge in [-0.05, 0) is 36.4 Å². The van der Waals surface area contributed by atoms with E-state index in [-0.39, 0.29) is 5.91 Å². The van der Waals surface area contributed by atoms with Crippen molar-refractivity contribution in [1.82, 2.24) is 9.97 Å². The summed E-state index contributed by atoms with van der Waals surface area (Å²) in [6.07, 6.45) is 3.17. The minimum atomic E-state index is -0.211. The minimum Gasteiger partial charge on any atom is -0.497 e. The van der Waals surface area contributed by atoms with E-state index in [0.29, 0.717) is 11.4 Å². The highest BCUT2D eigenvalue weighted by atomic mass is 16.5. The van der Waals surface area contributed by atoms with Crippen LogP contribution < -0.4 is 10.1 Å². The van der Waals surface area contributed by atoms with Gasteiger partial charge in [0.2, 0.25) is 0 Å². The van der Waals surface area contributed by atoms with E-state index < -0.39 is 0 Å². The van der Waals surface area contributed by atoms with Crippen molar-refractivity contribution in [3.8, 4) is 17.0 Å². The molecule has 0 unspecified atom stereocenters. The normalized spacial score (nSPS) is 10.1. The van der Waals surface area contributed by atoms with Gasteiger partial charge in [0, 0.05) is 11.1 Å². The maximum atomic E-state index is 12.0. The van der Waals surface area contributed by atoms with Crippen LogP contribution in [0.4, 0.5) is 5.82 Å². The molecule has 114 valence electrons. The first kappa shape index (κ1) is 14.7. The van der Waals surface area contributed by atoms with Crippen LogP contribution in [0.25, 0.3) is 11.3 Å². The first-order valence-electron chi connectivity index (χ1n) is 7.09. The number of benzene rings is 2. The van der Waals surface area contributed by atoms with E-state index in [9.17, 15) is 4.79 Å². The van der Waals surface area contributed by atoms with Gasteiger partial charge in [-0.2, -0.15) is 0 Å². The van der Waals surface area contributed by atoms with E-state index in [1.54, 1.807) is 31.6 Å². The lowest BCUT2D eigenvalue weighted by Crippen LogP contribution is -2.12. The van der Waals surface area contributed by atoms with Crippen molar-refractivity contribution in [2.45, 2.75) is 0 Å². The Morgan fingerprint density at radius 2 is 1.70 bits per heavy atom. The third-order valence-electron chi connectivity index (χ3n) is 3.32. The molecule has 2 aromatic carbocycles. The summed E-state index contributed by atoms with van der Waals surface area (Å²) in [5.41, 5.74) is 2.23. The summed E-state index contributed by atoms with van der Waals surface area (Å²) in [5.74, 6) is 0.988. The van der Waals surface area contributed by atoms with Crippen molar-refractivity contribution < 1.29 is 9.53 Å². The van der Waals surface area contributed by atoms with Crippen LogP contribution in [0.15, 0.2) is 67.0 Å². The molecule has 3 aromatic rings. The third kappa shape index (κ3) is 3.52. The second-order valence-electron chi connectivity index (χ2n) is 4.84. The number of ether oxygens (including phenoxy) is 1. The average Bonchev–Trinajstić information content (AvgIpc) is 2.63. The highest BCUT2D eigenvalue weighted by molar-refractivity contribution is 6.03. The van der Waals surface area contributed by atoms with Gasteiger partial charge in [-0.25, -0.2) is 4.98 Å². The third-order valence-corrected chi connectivity index (χ3v) is 3.32. The van der Waals surface area contributed by atoms with E-state index in [1.165, 1.54) is 0 Å². The molecule has 0 saturated heterocycles. The molecule has 0 saturated carbocycles. The molecule has 0 radical (unpaired) electrons. The number of carbonyl (C=O) groups is 1. The van der Waals surface area contributed by atoms with Crippen LogP contribution in [0.1, 0.15) is 10.4 Å². The van der Waals surface area contributed by atoms with Crippen LogP contribution in [-0.4, -0.2) is 23.0 Å². The summed E-state index contributed by atoms with van der Waals surface area (Å²) >= 11 is 0. The first-order chi connectivity index (χ1) is 11.3. The molecule has 0 aliphatic rings. The summed E-state index contributed by atoms with van der Waals surface area (Å²) in [6, 6.07) is 16.5. The number of nitrogens with one attached hydrogen (secondary N) is 1. The van der Waals surface area contributed by atoms with Crippen molar-refractivity contribution in [3.05, 3.63) is 72.6 Å². The SMILES string of the molecule is COc1ccc(-c2cnc(NC(=O)c3ccccc3)cn2)cc1. The number of hydrogen-bond donors (Lipinski definition) is 1. The highest BCUT2D eigenvalue weighted by Gasteiger charge is 2.07. The van der Waals surface area contributed by atoms with E-state index in [2.05, 4.69) is 15.3 Å². The molecule has 23 heavy (non-hydrogen) atoms. The average molecular weight is 305 g/mol. The predicted molar refractivity (Wildman–Crippen MR) is 88.4 cm³/mol. The van der Waals surface area contributed by atoms with Crippen molar-refractivity contribution in [3.63, 3.8) is 0 Å². The summed E-state index contributed by atoms with van der Waals surface area (Å²) < 4.78 is 5.13.